The number of benzene rings is 2. The van der Waals surface area contributed by atoms with Gasteiger partial charge in [-0.1, -0.05) is 0 Å². The lowest BCUT2D eigenvalue weighted by molar-refractivity contribution is -0.111. The van der Waals surface area contributed by atoms with Crippen molar-refractivity contribution in [2.75, 3.05) is 26.6 Å². The lowest BCUT2D eigenvalue weighted by Crippen LogP contribution is -2.10. The second-order valence-corrected chi connectivity index (χ2v) is 8.05. The zero-order valence-electron chi connectivity index (χ0n) is 19.3. The van der Waals surface area contributed by atoms with Crippen LogP contribution < -0.4 is 19.5 Å². The summed E-state index contributed by atoms with van der Waals surface area (Å²) in [6.07, 6.45) is 5.90. The van der Waals surface area contributed by atoms with Crippen LogP contribution in [-0.4, -0.2) is 27.2 Å². The summed E-state index contributed by atoms with van der Waals surface area (Å²) in [7, 11) is 4.79. The minimum Gasteiger partial charge on any atom is -0.497 e. The van der Waals surface area contributed by atoms with Crippen LogP contribution in [0.15, 0.2) is 34.8 Å². The summed E-state index contributed by atoms with van der Waals surface area (Å²) in [5, 5.41) is 4.02. The minimum absolute atomic E-state index is 0.250. The van der Waals surface area contributed by atoms with Crippen molar-refractivity contribution in [3.63, 3.8) is 0 Å². The number of allylic oxidation sites excluding steroid dienone is 1. The van der Waals surface area contributed by atoms with Gasteiger partial charge in [-0.25, -0.2) is 0 Å². The molecule has 0 radical (unpaired) electrons. The van der Waals surface area contributed by atoms with Crippen molar-refractivity contribution >= 4 is 28.1 Å². The van der Waals surface area contributed by atoms with E-state index in [9.17, 15) is 4.79 Å². The smallest absolute Gasteiger partial charge is 0.248 e. The number of aryl methyl sites for hydroxylation is 3. The number of rotatable bonds is 6. The molecular formula is C26H29NO5. The predicted octanol–water partition coefficient (Wildman–Crippen LogP) is 5.69. The molecule has 0 atom stereocenters. The summed E-state index contributed by atoms with van der Waals surface area (Å²) in [5.74, 6) is 2.75. The molecule has 32 heavy (non-hydrogen) atoms. The molecule has 0 spiro atoms. The molecule has 6 nitrogen and oxygen atoms in total. The topological polar surface area (TPSA) is 69.9 Å². The molecule has 4 rings (SSSR count). The van der Waals surface area contributed by atoms with Crippen LogP contribution in [0.3, 0.4) is 0 Å². The molecule has 1 aliphatic rings. The Kier molecular flexibility index (Phi) is 6.12. The number of carbonyl (C=O) groups excluding carboxylic acids is 1. The van der Waals surface area contributed by atoms with Gasteiger partial charge in [-0.2, -0.15) is 0 Å². The highest BCUT2D eigenvalue weighted by Crippen LogP contribution is 2.41. The summed E-state index contributed by atoms with van der Waals surface area (Å²) in [6, 6.07) is 7.36. The molecule has 3 aromatic rings. The molecule has 1 heterocycles. The first-order chi connectivity index (χ1) is 15.5. The van der Waals surface area contributed by atoms with E-state index in [2.05, 4.69) is 11.4 Å². The molecule has 0 unspecified atom stereocenters. The van der Waals surface area contributed by atoms with E-state index in [-0.39, 0.29) is 5.91 Å². The van der Waals surface area contributed by atoms with Gasteiger partial charge in [0.1, 0.15) is 28.6 Å². The Morgan fingerprint density at radius 1 is 1.06 bits per heavy atom. The Labute approximate surface area is 188 Å². The van der Waals surface area contributed by atoms with Crippen LogP contribution in [0.2, 0.25) is 0 Å². The van der Waals surface area contributed by atoms with Gasteiger partial charge >= 0.3 is 0 Å². The number of furan rings is 1. The molecule has 1 aromatic heterocycles. The molecule has 1 amide bonds. The quantitative estimate of drug-likeness (QED) is 0.504. The van der Waals surface area contributed by atoms with Crippen molar-refractivity contribution in [2.45, 2.75) is 39.5 Å². The number of carbonyl (C=O) groups is 1. The van der Waals surface area contributed by atoms with E-state index in [0.717, 1.165) is 58.4 Å². The summed E-state index contributed by atoms with van der Waals surface area (Å²) >= 11 is 0. The SMILES string of the molecule is COc1ccc(NC(=O)/C=C(\C)c2cc3c4c(oc3c(C)c2OC)CCCC4)c(OC)c1. The van der Waals surface area contributed by atoms with E-state index in [0.29, 0.717) is 17.2 Å². The fraction of sp³-hybridized carbons (Fsp3) is 0.346. The number of nitrogens with one attached hydrogen (secondary N) is 1. The summed E-state index contributed by atoms with van der Waals surface area (Å²) in [5.41, 5.74) is 5.41. The van der Waals surface area contributed by atoms with Crippen molar-refractivity contribution in [3.8, 4) is 17.2 Å². The van der Waals surface area contributed by atoms with Crippen molar-refractivity contribution in [1.82, 2.24) is 0 Å². The standard InChI is InChI=1S/C26H29NO5/c1-15(12-24(28)27-21-11-10-17(29-3)13-23(21)30-4)19-14-20-18-8-6-7-9-22(18)32-26(20)16(2)25(19)31-5/h10-14H,6-9H2,1-5H3,(H,27,28)/b15-12+. The highest BCUT2D eigenvalue weighted by molar-refractivity contribution is 6.05. The number of anilines is 1. The molecule has 0 saturated heterocycles. The Hall–Kier alpha value is -3.41. The van der Waals surface area contributed by atoms with Crippen LogP contribution in [0, 0.1) is 6.92 Å². The van der Waals surface area contributed by atoms with Crippen molar-refractivity contribution in [3.05, 3.63) is 52.8 Å². The van der Waals surface area contributed by atoms with Crippen LogP contribution in [0.4, 0.5) is 5.69 Å². The Morgan fingerprint density at radius 2 is 1.84 bits per heavy atom. The largest absolute Gasteiger partial charge is 0.497 e. The first-order valence-electron chi connectivity index (χ1n) is 10.8. The molecule has 0 bridgehead atoms. The average molecular weight is 436 g/mol. The van der Waals surface area contributed by atoms with Gasteiger partial charge in [0.15, 0.2) is 0 Å². The molecule has 1 aliphatic carbocycles. The number of hydrogen-bond donors (Lipinski definition) is 1. The normalized spacial score (nSPS) is 13.6. The first-order valence-corrected chi connectivity index (χ1v) is 10.8. The van der Waals surface area contributed by atoms with Gasteiger partial charge in [-0.15, -0.1) is 0 Å². The number of ether oxygens (including phenoxy) is 3. The van der Waals surface area contributed by atoms with E-state index in [1.165, 1.54) is 12.0 Å². The van der Waals surface area contributed by atoms with E-state index >= 15 is 0 Å². The first kappa shape index (κ1) is 21.8. The lowest BCUT2D eigenvalue weighted by atomic mass is 9.93. The minimum atomic E-state index is -0.250. The van der Waals surface area contributed by atoms with Crippen molar-refractivity contribution in [1.29, 1.82) is 0 Å². The molecule has 0 fully saturated rings. The van der Waals surface area contributed by atoms with E-state index < -0.39 is 0 Å². The van der Waals surface area contributed by atoms with Gasteiger partial charge in [0.25, 0.3) is 0 Å². The highest BCUT2D eigenvalue weighted by Gasteiger charge is 2.23. The van der Waals surface area contributed by atoms with Crippen LogP contribution in [0.1, 0.15) is 42.2 Å². The van der Waals surface area contributed by atoms with E-state index in [1.54, 1.807) is 45.6 Å². The average Bonchev–Trinajstić information content (AvgIpc) is 3.18. The zero-order valence-corrected chi connectivity index (χ0v) is 19.3. The van der Waals surface area contributed by atoms with Gasteiger partial charge in [0.05, 0.1) is 27.0 Å². The third kappa shape index (κ3) is 3.93. The molecule has 6 heteroatoms. The number of methoxy groups -OCH3 is 3. The Balaban J connectivity index is 1.69. The van der Waals surface area contributed by atoms with E-state index in [4.69, 9.17) is 18.6 Å². The fourth-order valence-corrected chi connectivity index (χ4v) is 4.44. The van der Waals surface area contributed by atoms with Gasteiger partial charge in [0.2, 0.25) is 5.91 Å². The molecule has 0 aliphatic heterocycles. The van der Waals surface area contributed by atoms with Crippen molar-refractivity contribution < 1.29 is 23.4 Å². The number of amides is 1. The summed E-state index contributed by atoms with van der Waals surface area (Å²) < 4.78 is 22.5. The molecule has 0 saturated carbocycles. The van der Waals surface area contributed by atoms with Crippen molar-refractivity contribution in [2.24, 2.45) is 0 Å². The maximum atomic E-state index is 12.8. The van der Waals surface area contributed by atoms with Gasteiger partial charge < -0.3 is 23.9 Å². The fourth-order valence-electron chi connectivity index (χ4n) is 4.44. The maximum Gasteiger partial charge on any atom is 0.248 e. The number of fused-ring (bicyclic) bond motifs is 3. The highest BCUT2D eigenvalue weighted by atomic mass is 16.5. The summed E-state index contributed by atoms with van der Waals surface area (Å²) in [6.45, 7) is 3.93. The molecule has 2 aromatic carbocycles. The van der Waals surface area contributed by atoms with Crippen LogP contribution in [-0.2, 0) is 17.6 Å². The summed E-state index contributed by atoms with van der Waals surface area (Å²) in [4.78, 5) is 12.8. The number of hydrogen-bond acceptors (Lipinski definition) is 5. The molecule has 168 valence electrons. The predicted molar refractivity (Wildman–Crippen MR) is 126 cm³/mol. The Morgan fingerprint density at radius 3 is 2.56 bits per heavy atom. The Bertz CT molecular complexity index is 1200. The monoisotopic (exact) mass is 435 g/mol. The van der Waals surface area contributed by atoms with Crippen LogP contribution >= 0.6 is 0 Å². The van der Waals surface area contributed by atoms with Gasteiger partial charge in [-0.05, 0) is 56.9 Å². The van der Waals surface area contributed by atoms with E-state index in [1.807, 2.05) is 13.8 Å². The van der Waals surface area contributed by atoms with Gasteiger partial charge in [-0.3, -0.25) is 4.79 Å². The van der Waals surface area contributed by atoms with Crippen LogP contribution in [0.5, 0.6) is 17.2 Å². The zero-order chi connectivity index (χ0) is 22.8. The van der Waals surface area contributed by atoms with Gasteiger partial charge in [0, 0.05) is 40.6 Å². The molecular weight excluding hydrogens is 406 g/mol. The third-order valence-electron chi connectivity index (χ3n) is 6.07. The maximum absolute atomic E-state index is 12.8. The second-order valence-electron chi connectivity index (χ2n) is 8.05. The third-order valence-corrected chi connectivity index (χ3v) is 6.07. The molecule has 1 N–H and O–H groups in total. The second kappa shape index (κ2) is 8.99. The van der Waals surface area contributed by atoms with Crippen LogP contribution in [0.25, 0.3) is 16.5 Å². The lowest BCUT2D eigenvalue weighted by Gasteiger charge is -2.14.